The standard InChI is InChI=1S/C6H14O2.C6H14O.C5H12O/c1-5(2)6(7)4-8-3;1-6(2)4-5-7-3;1-5(2)4-6-3/h5-7H,4H2,1-3H3;6H,4-5H2,1-3H3;5H,4H2,1-3H3. The average Bonchev–Trinajstić information content (AvgIpc) is 2.37. The van der Waals surface area contributed by atoms with Gasteiger partial charge in [-0.1, -0.05) is 41.5 Å². The number of rotatable bonds is 8. The molecule has 0 aliphatic rings. The minimum absolute atomic E-state index is 0.301. The normalized spacial score (nSPS) is 11.9. The molecule has 21 heavy (non-hydrogen) atoms. The van der Waals surface area contributed by atoms with Crippen LogP contribution in [0.3, 0.4) is 0 Å². The van der Waals surface area contributed by atoms with Crippen LogP contribution in [0.1, 0.15) is 48.0 Å². The highest BCUT2D eigenvalue weighted by atomic mass is 16.5. The topological polar surface area (TPSA) is 47.9 Å². The molecule has 0 bridgehead atoms. The van der Waals surface area contributed by atoms with Gasteiger partial charge in [-0.2, -0.15) is 0 Å². The van der Waals surface area contributed by atoms with Crippen molar-refractivity contribution >= 4 is 0 Å². The second kappa shape index (κ2) is 19.8. The lowest BCUT2D eigenvalue weighted by molar-refractivity contribution is 0.0356. The summed E-state index contributed by atoms with van der Waals surface area (Å²) in [5.74, 6) is 1.75. The number of ether oxygens (including phenoxy) is 3. The molecule has 0 spiro atoms. The summed E-state index contributed by atoms with van der Waals surface area (Å²) in [6.45, 7) is 14.8. The van der Waals surface area contributed by atoms with Crippen LogP contribution >= 0.6 is 0 Å². The first-order valence-electron chi connectivity index (χ1n) is 7.87. The number of hydrogen-bond donors (Lipinski definition) is 1. The van der Waals surface area contributed by atoms with Gasteiger partial charge in [0.1, 0.15) is 0 Å². The third-order valence-corrected chi connectivity index (χ3v) is 2.51. The van der Waals surface area contributed by atoms with Crippen molar-refractivity contribution in [1.82, 2.24) is 0 Å². The summed E-state index contributed by atoms with van der Waals surface area (Å²) >= 11 is 0. The molecular weight excluding hydrogens is 268 g/mol. The summed E-state index contributed by atoms with van der Waals surface area (Å²) in [6, 6.07) is 0. The molecule has 0 aliphatic carbocycles. The van der Waals surface area contributed by atoms with Gasteiger partial charge in [0.2, 0.25) is 0 Å². The molecule has 1 atom stereocenters. The van der Waals surface area contributed by atoms with Crippen LogP contribution < -0.4 is 0 Å². The predicted octanol–water partition coefficient (Wildman–Crippen LogP) is 3.62. The van der Waals surface area contributed by atoms with E-state index in [9.17, 15) is 0 Å². The Kier molecular flexibility index (Phi) is 24.4. The highest BCUT2D eigenvalue weighted by Gasteiger charge is 2.06. The molecule has 0 saturated heterocycles. The number of aliphatic hydroxyl groups excluding tert-OH is 1. The quantitative estimate of drug-likeness (QED) is 0.744. The van der Waals surface area contributed by atoms with Gasteiger partial charge in [0.25, 0.3) is 0 Å². The van der Waals surface area contributed by atoms with Crippen LogP contribution in [0.4, 0.5) is 0 Å². The lowest BCUT2D eigenvalue weighted by atomic mass is 10.1. The van der Waals surface area contributed by atoms with Crippen LogP contribution in [0.15, 0.2) is 0 Å². The maximum Gasteiger partial charge on any atom is 0.0796 e. The van der Waals surface area contributed by atoms with E-state index in [-0.39, 0.29) is 6.10 Å². The largest absolute Gasteiger partial charge is 0.390 e. The Labute approximate surface area is 133 Å². The highest BCUT2D eigenvalue weighted by Crippen LogP contribution is 1.99. The first-order valence-corrected chi connectivity index (χ1v) is 7.87. The molecule has 1 N–H and O–H groups in total. The Morgan fingerprint density at radius 3 is 1.29 bits per heavy atom. The molecule has 0 aromatic heterocycles. The van der Waals surface area contributed by atoms with Crippen molar-refractivity contribution in [3.63, 3.8) is 0 Å². The van der Waals surface area contributed by atoms with Crippen molar-refractivity contribution in [3.8, 4) is 0 Å². The van der Waals surface area contributed by atoms with Crippen LogP contribution in [-0.2, 0) is 14.2 Å². The van der Waals surface area contributed by atoms with Crippen molar-refractivity contribution < 1.29 is 19.3 Å². The van der Waals surface area contributed by atoms with E-state index in [1.807, 2.05) is 13.8 Å². The maximum atomic E-state index is 9.00. The molecule has 0 rings (SSSR count). The van der Waals surface area contributed by atoms with Crippen molar-refractivity contribution in [2.75, 3.05) is 41.2 Å². The highest BCUT2D eigenvalue weighted by molar-refractivity contribution is 4.56. The summed E-state index contributed by atoms with van der Waals surface area (Å²) < 4.78 is 14.4. The fourth-order valence-electron chi connectivity index (χ4n) is 1.05. The van der Waals surface area contributed by atoms with Gasteiger partial charge in [-0.3, -0.25) is 0 Å². The zero-order valence-electron chi connectivity index (χ0n) is 15.8. The van der Waals surface area contributed by atoms with Crippen molar-refractivity contribution in [2.45, 2.75) is 54.1 Å². The molecule has 0 saturated carbocycles. The van der Waals surface area contributed by atoms with E-state index < -0.39 is 0 Å². The molecule has 4 nitrogen and oxygen atoms in total. The lowest BCUT2D eigenvalue weighted by Crippen LogP contribution is -2.20. The molecule has 0 radical (unpaired) electrons. The Hall–Kier alpha value is -0.160. The van der Waals surface area contributed by atoms with Gasteiger partial charge in [-0.15, -0.1) is 0 Å². The molecule has 1 unspecified atom stereocenters. The third kappa shape index (κ3) is 33.0. The molecule has 132 valence electrons. The number of aliphatic hydroxyl groups is 1. The SMILES string of the molecule is COCC(C)C.COCC(O)C(C)C.COCCC(C)C. The summed E-state index contributed by atoms with van der Waals surface area (Å²) in [6.07, 6.45) is 0.872. The predicted molar refractivity (Wildman–Crippen MR) is 90.8 cm³/mol. The van der Waals surface area contributed by atoms with Gasteiger partial charge in [0, 0.05) is 34.5 Å². The van der Waals surface area contributed by atoms with Crippen molar-refractivity contribution in [2.24, 2.45) is 17.8 Å². The van der Waals surface area contributed by atoms with Gasteiger partial charge < -0.3 is 19.3 Å². The van der Waals surface area contributed by atoms with Crippen molar-refractivity contribution in [3.05, 3.63) is 0 Å². The Balaban J connectivity index is -0.000000234. The average molecular weight is 309 g/mol. The first-order chi connectivity index (χ1) is 9.72. The van der Waals surface area contributed by atoms with Gasteiger partial charge in [-0.25, -0.2) is 0 Å². The Morgan fingerprint density at radius 2 is 1.19 bits per heavy atom. The maximum absolute atomic E-state index is 9.00. The molecule has 0 aliphatic heterocycles. The monoisotopic (exact) mass is 308 g/mol. The second-order valence-electron chi connectivity index (χ2n) is 6.29. The van der Waals surface area contributed by atoms with Gasteiger partial charge in [0.05, 0.1) is 12.7 Å². The molecule has 0 aromatic rings. The molecule has 4 heteroatoms. The Bertz CT molecular complexity index is 170. The van der Waals surface area contributed by atoms with E-state index in [0.717, 1.165) is 19.1 Å². The second-order valence-corrected chi connectivity index (χ2v) is 6.29. The molecule has 0 amide bonds. The first kappa shape index (κ1) is 25.8. The zero-order valence-corrected chi connectivity index (χ0v) is 15.8. The van der Waals surface area contributed by atoms with E-state index in [1.54, 1.807) is 21.3 Å². The zero-order chi connectivity index (χ0) is 17.3. The number of methoxy groups -OCH3 is 3. The molecule has 0 aromatic carbocycles. The van der Waals surface area contributed by atoms with Crippen molar-refractivity contribution in [1.29, 1.82) is 0 Å². The van der Waals surface area contributed by atoms with Gasteiger partial charge in [0.15, 0.2) is 0 Å². The summed E-state index contributed by atoms with van der Waals surface area (Å²) in [4.78, 5) is 0. The fraction of sp³-hybridized carbons (Fsp3) is 1.00. The smallest absolute Gasteiger partial charge is 0.0796 e. The summed E-state index contributed by atoms with van der Waals surface area (Å²) in [7, 11) is 5.05. The van der Waals surface area contributed by atoms with Crippen LogP contribution in [0.25, 0.3) is 0 Å². The fourth-order valence-corrected chi connectivity index (χ4v) is 1.05. The van der Waals surface area contributed by atoms with Crippen LogP contribution in [0.5, 0.6) is 0 Å². The van der Waals surface area contributed by atoms with E-state index in [2.05, 4.69) is 27.7 Å². The third-order valence-electron chi connectivity index (χ3n) is 2.51. The van der Waals surface area contributed by atoms with Crippen LogP contribution in [0.2, 0.25) is 0 Å². The molecule has 0 heterocycles. The molecular formula is C17H40O4. The van der Waals surface area contributed by atoms with E-state index >= 15 is 0 Å². The summed E-state index contributed by atoms with van der Waals surface area (Å²) in [5.41, 5.74) is 0. The van der Waals surface area contributed by atoms with E-state index in [1.165, 1.54) is 6.42 Å². The minimum atomic E-state index is -0.306. The number of hydrogen-bond acceptors (Lipinski definition) is 4. The van der Waals surface area contributed by atoms with Crippen LogP contribution in [0, 0.1) is 17.8 Å². The van der Waals surface area contributed by atoms with E-state index in [0.29, 0.717) is 18.4 Å². The Morgan fingerprint density at radius 1 is 0.714 bits per heavy atom. The van der Waals surface area contributed by atoms with Gasteiger partial charge in [-0.05, 0) is 24.2 Å². The summed E-state index contributed by atoms with van der Waals surface area (Å²) in [5, 5.41) is 9.00. The van der Waals surface area contributed by atoms with Crippen LogP contribution in [-0.4, -0.2) is 52.4 Å². The minimum Gasteiger partial charge on any atom is -0.390 e. The van der Waals surface area contributed by atoms with E-state index in [4.69, 9.17) is 19.3 Å². The molecule has 0 fully saturated rings. The van der Waals surface area contributed by atoms with Gasteiger partial charge >= 0.3 is 0 Å². The lowest BCUT2D eigenvalue weighted by Gasteiger charge is -2.11.